The maximum atomic E-state index is 13.1. The first-order chi connectivity index (χ1) is 8.56. The molecule has 0 aliphatic heterocycles. The number of anilines is 1. The topological polar surface area (TPSA) is 42.0 Å². The van der Waals surface area contributed by atoms with Crippen LogP contribution in [0.15, 0.2) is 36.5 Å². The van der Waals surface area contributed by atoms with E-state index in [2.05, 4.69) is 10.3 Å². The summed E-state index contributed by atoms with van der Waals surface area (Å²) in [6, 6.07) is 7.31. The first-order valence-corrected chi connectivity index (χ1v) is 5.63. The van der Waals surface area contributed by atoms with Crippen LogP contribution in [0.2, 0.25) is 5.02 Å². The average molecular weight is 265 g/mol. The van der Waals surface area contributed by atoms with Crippen LogP contribution in [-0.2, 0) is 0 Å². The Morgan fingerprint density at radius 1 is 1.33 bits per heavy atom. The predicted octanol–water partition coefficient (Wildman–Crippen LogP) is 3.43. The molecular formula is C13H10ClFN2O. The predicted molar refractivity (Wildman–Crippen MR) is 68.3 cm³/mol. The Hall–Kier alpha value is -1.94. The number of hydrogen-bond donors (Lipinski definition) is 1. The molecule has 0 atom stereocenters. The molecule has 1 heterocycles. The number of benzene rings is 1. The molecule has 92 valence electrons. The van der Waals surface area contributed by atoms with Crippen molar-refractivity contribution in [2.24, 2.45) is 0 Å². The number of amides is 1. The number of nitrogens with zero attached hydrogens (tertiary/aromatic N) is 1. The van der Waals surface area contributed by atoms with Gasteiger partial charge in [0.15, 0.2) is 0 Å². The van der Waals surface area contributed by atoms with E-state index in [1.807, 2.05) is 0 Å². The van der Waals surface area contributed by atoms with Gasteiger partial charge in [-0.15, -0.1) is 0 Å². The molecule has 0 aliphatic carbocycles. The van der Waals surface area contributed by atoms with Gasteiger partial charge in [-0.05, 0) is 42.8 Å². The number of halogens is 2. The summed E-state index contributed by atoms with van der Waals surface area (Å²) >= 11 is 5.78. The number of hydrogen-bond acceptors (Lipinski definition) is 2. The molecule has 0 saturated heterocycles. The van der Waals surface area contributed by atoms with Crippen LogP contribution < -0.4 is 5.32 Å². The summed E-state index contributed by atoms with van der Waals surface area (Å²) in [5, 5.41) is 3.07. The van der Waals surface area contributed by atoms with Crippen molar-refractivity contribution in [3.63, 3.8) is 0 Å². The summed E-state index contributed by atoms with van der Waals surface area (Å²) in [5.74, 6) is -0.338. The zero-order chi connectivity index (χ0) is 13.1. The lowest BCUT2D eigenvalue weighted by atomic mass is 10.1. The third-order valence-corrected chi connectivity index (χ3v) is 2.62. The molecule has 1 aromatic carbocycles. The normalized spacial score (nSPS) is 10.2. The average Bonchev–Trinajstić information content (AvgIpc) is 2.32. The summed E-state index contributed by atoms with van der Waals surface area (Å²) in [6.07, 6.45) is 1.49. The van der Waals surface area contributed by atoms with Crippen molar-refractivity contribution in [3.05, 3.63) is 58.5 Å². The maximum absolute atomic E-state index is 13.1. The Morgan fingerprint density at radius 2 is 2.11 bits per heavy atom. The molecule has 2 rings (SSSR count). The van der Waals surface area contributed by atoms with Crippen molar-refractivity contribution >= 4 is 23.3 Å². The lowest BCUT2D eigenvalue weighted by molar-refractivity contribution is 0.102. The van der Waals surface area contributed by atoms with E-state index in [0.717, 1.165) is 0 Å². The maximum Gasteiger partial charge on any atom is 0.256 e. The second-order valence-electron chi connectivity index (χ2n) is 3.78. The van der Waals surface area contributed by atoms with Crippen LogP contribution in [0.3, 0.4) is 0 Å². The van der Waals surface area contributed by atoms with Crippen molar-refractivity contribution in [3.8, 4) is 0 Å². The minimum absolute atomic E-state index is 0.340. The molecule has 0 fully saturated rings. The first kappa shape index (κ1) is 12.5. The van der Waals surface area contributed by atoms with Gasteiger partial charge < -0.3 is 5.32 Å². The Labute approximate surface area is 109 Å². The van der Waals surface area contributed by atoms with Gasteiger partial charge in [0.1, 0.15) is 11.6 Å². The largest absolute Gasteiger partial charge is 0.307 e. The quantitative estimate of drug-likeness (QED) is 0.903. The second-order valence-corrected chi connectivity index (χ2v) is 4.21. The molecule has 0 aliphatic rings. The number of carbonyl (C=O) groups is 1. The molecular weight excluding hydrogens is 255 g/mol. The summed E-state index contributed by atoms with van der Waals surface area (Å²) in [4.78, 5) is 15.8. The monoisotopic (exact) mass is 264 g/mol. The van der Waals surface area contributed by atoms with Crippen LogP contribution >= 0.6 is 11.6 Å². The Morgan fingerprint density at radius 3 is 2.78 bits per heavy atom. The van der Waals surface area contributed by atoms with Crippen LogP contribution in [0.1, 0.15) is 15.9 Å². The van der Waals surface area contributed by atoms with E-state index >= 15 is 0 Å². The van der Waals surface area contributed by atoms with Crippen LogP contribution in [0.5, 0.6) is 0 Å². The van der Waals surface area contributed by atoms with Crippen LogP contribution in [0.4, 0.5) is 10.2 Å². The molecule has 1 N–H and O–H groups in total. The molecule has 18 heavy (non-hydrogen) atoms. The summed E-state index contributed by atoms with van der Waals surface area (Å²) < 4.78 is 13.1. The molecule has 0 spiro atoms. The summed E-state index contributed by atoms with van der Waals surface area (Å²) in [6.45, 7) is 1.60. The molecule has 0 radical (unpaired) electrons. The number of carbonyl (C=O) groups excluding carboxylic acids is 1. The standard InChI is InChI=1S/C13H10ClFN2O/c1-8-6-9(2-3-11(8)15)13(18)17-12-7-10(14)4-5-16-12/h2-7H,1H3,(H,16,17,18). The van der Waals surface area contributed by atoms with Crippen LogP contribution in [0, 0.1) is 12.7 Å². The minimum Gasteiger partial charge on any atom is -0.307 e. The number of aromatic nitrogens is 1. The Balaban J connectivity index is 2.19. The first-order valence-electron chi connectivity index (χ1n) is 5.25. The SMILES string of the molecule is Cc1cc(C(=O)Nc2cc(Cl)ccn2)ccc1F. The highest BCUT2D eigenvalue weighted by atomic mass is 35.5. The summed E-state index contributed by atoms with van der Waals surface area (Å²) in [7, 11) is 0. The van der Waals surface area contributed by atoms with Crippen molar-refractivity contribution in [2.75, 3.05) is 5.32 Å². The van der Waals surface area contributed by atoms with Crippen molar-refractivity contribution in [2.45, 2.75) is 6.92 Å². The lowest BCUT2D eigenvalue weighted by Gasteiger charge is -2.05. The fourth-order valence-corrected chi connectivity index (χ4v) is 1.61. The zero-order valence-corrected chi connectivity index (χ0v) is 10.3. The van der Waals surface area contributed by atoms with Crippen molar-refractivity contribution in [1.29, 1.82) is 0 Å². The van der Waals surface area contributed by atoms with Gasteiger partial charge in [0, 0.05) is 16.8 Å². The number of nitrogens with one attached hydrogen (secondary N) is 1. The highest BCUT2D eigenvalue weighted by molar-refractivity contribution is 6.30. The van der Waals surface area contributed by atoms with Crippen LogP contribution in [-0.4, -0.2) is 10.9 Å². The molecule has 2 aromatic rings. The van der Waals surface area contributed by atoms with E-state index in [1.54, 1.807) is 13.0 Å². The van der Waals surface area contributed by atoms with Gasteiger partial charge in [0.25, 0.3) is 5.91 Å². The third kappa shape index (κ3) is 2.84. The van der Waals surface area contributed by atoms with Gasteiger partial charge >= 0.3 is 0 Å². The number of pyridine rings is 1. The van der Waals surface area contributed by atoms with E-state index in [1.165, 1.54) is 30.5 Å². The summed E-state index contributed by atoms with van der Waals surface area (Å²) in [5.41, 5.74) is 0.789. The van der Waals surface area contributed by atoms with E-state index < -0.39 is 0 Å². The van der Waals surface area contributed by atoms with Crippen LogP contribution in [0.25, 0.3) is 0 Å². The van der Waals surface area contributed by atoms with Gasteiger partial charge in [-0.3, -0.25) is 4.79 Å². The van der Waals surface area contributed by atoms with Gasteiger partial charge in [0.05, 0.1) is 0 Å². The highest BCUT2D eigenvalue weighted by Crippen LogP contribution is 2.14. The van der Waals surface area contributed by atoms with E-state index in [9.17, 15) is 9.18 Å². The molecule has 0 unspecified atom stereocenters. The lowest BCUT2D eigenvalue weighted by Crippen LogP contribution is -2.13. The zero-order valence-electron chi connectivity index (χ0n) is 9.58. The number of aryl methyl sites for hydroxylation is 1. The smallest absolute Gasteiger partial charge is 0.256 e. The highest BCUT2D eigenvalue weighted by Gasteiger charge is 2.08. The van der Waals surface area contributed by atoms with Gasteiger partial charge in [-0.2, -0.15) is 0 Å². The second kappa shape index (κ2) is 5.14. The Bertz CT molecular complexity index is 601. The minimum atomic E-state index is -0.354. The fraction of sp³-hybridized carbons (Fsp3) is 0.0769. The molecule has 1 amide bonds. The molecule has 0 bridgehead atoms. The Kier molecular flexibility index (Phi) is 3.58. The molecule has 0 saturated carbocycles. The molecule has 1 aromatic heterocycles. The van der Waals surface area contributed by atoms with Crippen molar-refractivity contribution < 1.29 is 9.18 Å². The molecule has 3 nitrogen and oxygen atoms in total. The third-order valence-electron chi connectivity index (χ3n) is 2.38. The van der Waals surface area contributed by atoms with Gasteiger partial charge in [-0.25, -0.2) is 9.37 Å². The molecule has 5 heteroatoms. The number of rotatable bonds is 2. The van der Waals surface area contributed by atoms with E-state index in [-0.39, 0.29) is 11.7 Å². The van der Waals surface area contributed by atoms with Gasteiger partial charge in [-0.1, -0.05) is 11.6 Å². The van der Waals surface area contributed by atoms with E-state index in [0.29, 0.717) is 22.0 Å². The van der Waals surface area contributed by atoms with E-state index in [4.69, 9.17) is 11.6 Å². The van der Waals surface area contributed by atoms with Crippen molar-refractivity contribution in [1.82, 2.24) is 4.98 Å². The van der Waals surface area contributed by atoms with Gasteiger partial charge in [0.2, 0.25) is 0 Å². The fourth-order valence-electron chi connectivity index (χ4n) is 1.45.